The topological polar surface area (TPSA) is 93.9 Å². The molecule has 1 atom stereocenters. The van der Waals surface area contributed by atoms with Crippen LogP contribution in [-0.4, -0.2) is 51.6 Å². The normalized spacial score (nSPS) is 19.9. The number of aliphatic carboxylic acids is 1. The molecular formula is C20H23N3O5. The second kappa shape index (κ2) is 7.63. The van der Waals surface area contributed by atoms with Crippen LogP contribution in [0.4, 0.5) is 0 Å². The molecule has 28 heavy (non-hydrogen) atoms. The molecule has 148 valence electrons. The molecule has 1 N–H and O–H groups in total. The van der Waals surface area contributed by atoms with Gasteiger partial charge in [-0.2, -0.15) is 0 Å². The fourth-order valence-electron chi connectivity index (χ4n) is 3.81. The Balaban J connectivity index is 1.45. The van der Waals surface area contributed by atoms with Gasteiger partial charge in [0.25, 0.3) is 5.91 Å². The lowest BCUT2D eigenvalue weighted by molar-refractivity contribution is -0.143. The van der Waals surface area contributed by atoms with Gasteiger partial charge in [-0.25, -0.2) is 4.98 Å². The Labute approximate surface area is 162 Å². The van der Waals surface area contributed by atoms with E-state index in [-0.39, 0.29) is 17.9 Å². The molecule has 0 spiro atoms. The minimum absolute atomic E-state index is 0.109. The largest absolute Gasteiger partial charge is 0.497 e. The van der Waals surface area contributed by atoms with Crippen molar-refractivity contribution in [3.05, 3.63) is 47.5 Å². The number of methoxy groups -OCH3 is 1. The number of hydrogen-bond donors (Lipinski definition) is 1. The summed E-state index contributed by atoms with van der Waals surface area (Å²) in [5.74, 6) is -0.510. The van der Waals surface area contributed by atoms with Crippen molar-refractivity contribution < 1.29 is 24.2 Å². The number of carbonyl (C=O) groups is 2. The highest BCUT2D eigenvalue weighted by Gasteiger charge is 2.32. The van der Waals surface area contributed by atoms with Crippen LogP contribution in [0.2, 0.25) is 0 Å². The Kier molecular flexibility index (Phi) is 5.04. The highest BCUT2D eigenvalue weighted by molar-refractivity contribution is 5.93. The lowest BCUT2D eigenvalue weighted by atomic mass is 9.97. The molecule has 1 aromatic heterocycles. The molecule has 8 nitrogen and oxygen atoms in total. The number of carboxylic acids is 1. The molecule has 2 aliphatic rings. The molecule has 2 aliphatic heterocycles. The first-order valence-electron chi connectivity index (χ1n) is 9.38. The molecule has 1 amide bonds. The Morgan fingerprint density at radius 2 is 1.93 bits per heavy atom. The first kappa shape index (κ1) is 18.5. The summed E-state index contributed by atoms with van der Waals surface area (Å²) in [5, 5.41) is 9.11. The molecule has 0 radical (unpaired) electrons. The van der Waals surface area contributed by atoms with Gasteiger partial charge in [0, 0.05) is 13.1 Å². The smallest absolute Gasteiger partial charge is 0.306 e. The molecule has 1 unspecified atom stereocenters. The summed E-state index contributed by atoms with van der Waals surface area (Å²) in [5.41, 5.74) is 2.22. The molecule has 3 heterocycles. The fourth-order valence-corrected chi connectivity index (χ4v) is 3.81. The number of carbonyl (C=O) groups excluding carboxylic acids is 1. The Bertz CT molecular complexity index is 868. The van der Waals surface area contributed by atoms with E-state index in [1.165, 1.54) is 0 Å². The van der Waals surface area contributed by atoms with Crippen molar-refractivity contribution in [2.24, 2.45) is 5.92 Å². The van der Waals surface area contributed by atoms with E-state index in [2.05, 4.69) is 4.98 Å². The summed E-state index contributed by atoms with van der Waals surface area (Å²) in [6.45, 7) is 1.78. The van der Waals surface area contributed by atoms with E-state index in [1.54, 1.807) is 18.3 Å². The number of carboxylic acid groups (broad SMARTS) is 1. The van der Waals surface area contributed by atoms with Crippen molar-refractivity contribution in [2.45, 2.75) is 32.1 Å². The third-order valence-corrected chi connectivity index (χ3v) is 5.55. The van der Waals surface area contributed by atoms with Crippen LogP contribution in [-0.2, 0) is 22.7 Å². The SMILES string of the molecule is COc1ccc(C2Cn3cnc(C(=O)N4CCC(C(=O)O)CC4)c3CO2)cc1. The van der Waals surface area contributed by atoms with Gasteiger partial charge in [0.15, 0.2) is 5.69 Å². The van der Waals surface area contributed by atoms with Crippen molar-refractivity contribution in [3.63, 3.8) is 0 Å². The number of benzene rings is 1. The number of piperidine rings is 1. The number of imidazole rings is 1. The number of aromatic nitrogens is 2. The van der Waals surface area contributed by atoms with E-state index in [1.807, 2.05) is 28.8 Å². The van der Waals surface area contributed by atoms with Gasteiger partial charge < -0.3 is 24.0 Å². The summed E-state index contributed by atoms with van der Waals surface area (Å²) < 4.78 is 13.2. The first-order chi connectivity index (χ1) is 13.6. The highest BCUT2D eigenvalue weighted by atomic mass is 16.5. The lowest BCUT2D eigenvalue weighted by Gasteiger charge is -2.30. The van der Waals surface area contributed by atoms with Crippen LogP contribution in [0.15, 0.2) is 30.6 Å². The number of fused-ring (bicyclic) bond motifs is 1. The summed E-state index contributed by atoms with van der Waals surface area (Å²) in [7, 11) is 1.63. The van der Waals surface area contributed by atoms with Crippen LogP contribution < -0.4 is 4.74 Å². The Morgan fingerprint density at radius 3 is 2.57 bits per heavy atom. The maximum absolute atomic E-state index is 12.9. The predicted molar refractivity (Wildman–Crippen MR) is 99.0 cm³/mol. The monoisotopic (exact) mass is 385 g/mol. The maximum Gasteiger partial charge on any atom is 0.306 e. The summed E-state index contributed by atoms with van der Waals surface area (Å²) >= 11 is 0. The van der Waals surface area contributed by atoms with Gasteiger partial charge in [0.2, 0.25) is 0 Å². The van der Waals surface area contributed by atoms with Crippen LogP contribution in [0.1, 0.15) is 40.7 Å². The third kappa shape index (κ3) is 3.47. The summed E-state index contributed by atoms with van der Waals surface area (Å²) in [4.78, 5) is 30.0. The highest BCUT2D eigenvalue weighted by Crippen LogP contribution is 2.29. The van der Waals surface area contributed by atoms with E-state index in [0.717, 1.165) is 17.0 Å². The molecule has 1 saturated heterocycles. The van der Waals surface area contributed by atoms with Gasteiger partial charge in [0.1, 0.15) is 11.9 Å². The van der Waals surface area contributed by atoms with Crippen LogP contribution in [0, 0.1) is 5.92 Å². The molecule has 4 rings (SSSR count). The van der Waals surface area contributed by atoms with Crippen LogP contribution >= 0.6 is 0 Å². The number of amides is 1. The van der Waals surface area contributed by atoms with Crippen LogP contribution in [0.3, 0.4) is 0 Å². The Hall–Kier alpha value is -2.87. The van der Waals surface area contributed by atoms with Gasteiger partial charge in [0.05, 0.1) is 38.2 Å². The molecule has 0 saturated carbocycles. The molecule has 1 fully saturated rings. The van der Waals surface area contributed by atoms with Crippen molar-refractivity contribution >= 4 is 11.9 Å². The average molecular weight is 385 g/mol. The van der Waals surface area contributed by atoms with E-state index in [9.17, 15) is 9.59 Å². The number of rotatable bonds is 4. The zero-order valence-corrected chi connectivity index (χ0v) is 15.7. The third-order valence-electron chi connectivity index (χ3n) is 5.55. The van der Waals surface area contributed by atoms with E-state index < -0.39 is 5.97 Å². The van der Waals surface area contributed by atoms with Gasteiger partial charge in [-0.15, -0.1) is 0 Å². The second-order valence-corrected chi connectivity index (χ2v) is 7.17. The second-order valence-electron chi connectivity index (χ2n) is 7.17. The maximum atomic E-state index is 12.9. The molecule has 1 aromatic carbocycles. The molecule has 8 heteroatoms. The van der Waals surface area contributed by atoms with E-state index in [4.69, 9.17) is 14.6 Å². The number of hydrogen-bond acceptors (Lipinski definition) is 5. The first-order valence-corrected chi connectivity index (χ1v) is 9.38. The molecular weight excluding hydrogens is 362 g/mol. The minimum atomic E-state index is -0.788. The van der Waals surface area contributed by atoms with Crippen molar-refractivity contribution in [1.82, 2.24) is 14.5 Å². The molecule has 0 bridgehead atoms. The predicted octanol–water partition coefficient (Wildman–Crippen LogP) is 2.10. The van der Waals surface area contributed by atoms with Gasteiger partial charge in [-0.05, 0) is 30.5 Å². The van der Waals surface area contributed by atoms with Crippen molar-refractivity contribution in [3.8, 4) is 5.75 Å². The van der Waals surface area contributed by atoms with E-state index in [0.29, 0.717) is 44.8 Å². The van der Waals surface area contributed by atoms with Crippen molar-refractivity contribution in [2.75, 3.05) is 20.2 Å². The lowest BCUT2D eigenvalue weighted by Crippen LogP contribution is -2.41. The fraction of sp³-hybridized carbons (Fsp3) is 0.450. The average Bonchev–Trinajstić information content (AvgIpc) is 3.16. The zero-order chi connectivity index (χ0) is 19.7. The minimum Gasteiger partial charge on any atom is -0.497 e. The molecule has 2 aromatic rings. The molecule has 0 aliphatic carbocycles. The van der Waals surface area contributed by atoms with Crippen LogP contribution in [0.25, 0.3) is 0 Å². The zero-order valence-electron chi connectivity index (χ0n) is 15.7. The van der Waals surface area contributed by atoms with E-state index >= 15 is 0 Å². The standard InChI is InChI=1S/C20H23N3O5/c1-27-15-4-2-13(3-5-15)17-10-23-12-21-18(16(23)11-28-17)19(24)22-8-6-14(7-9-22)20(25)26/h2-5,12,14,17H,6-11H2,1H3,(H,25,26). The van der Waals surface area contributed by atoms with Crippen molar-refractivity contribution in [1.29, 1.82) is 0 Å². The van der Waals surface area contributed by atoms with Crippen LogP contribution in [0.5, 0.6) is 5.75 Å². The van der Waals surface area contributed by atoms with Gasteiger partial charge in [-0.1, -0.05) is 12.1 Å². The number of likely N-dealkylation sites (tertiary alicyclic amines) is 1. The summed E-state index contributed by atoms with van der Waals surface area (Å²) in [6, 6.07) is 7.75. The quantitative estimate of drug-likeness (QED) is 0.866. The summed E-state index contributed by atoms with van der Waals surface area (Å²) in [6.07, 6.45) is 2.54. The van der Waals surface area contributed by atoms with Gasteiger partial charge in [-0.3, -0.25) is 9.59 Å². The number of nitrogens with zero attached hydrogens (tertiary/aromatic N) is 3. The van der Waals surface area contributed by atoms with Gasteiger partial charge >= 0.3 is 5.97 Å². The Morgan fingerprint density at radius 1 is 1.21 bits per heavy atom. The number of ether oxygens (including phenoxy) is 2.